The van der Waals surface area contributed by atoms with Crippen molar-refractivity contribution in [1.29, 1.82) is 0 Å². The number of aliphatic hydroxyl groups excluding tert-OH is 2. The van der Waals surface area contributed by atoms with Crippen LogP contribution in [-0.2, 0) is 4.79 Å². The number of β-amino-alcohol motifs (C(OH)–C–C–N with tert-alkyl or cyclic N) is 1. The van der Waals surface area contributed by atoms with Crippen LogP contribution in [0.4, 0.5) is 5.69 Å². The van der Waals surface area contributed by atoms with Gasteiger partial charge in [-0.3, -0.25) is 9.59 Å². The zero-order chi connectivity index (χ0) is 13.4. The van der Waals surface area contributed by atoms with Crippen LogP contribution in [0.2, 0.25) is 0 Å². The van der Waals surface area contributed by atoms with E-state index in [2.05, 4.69) is 15.9 Å². The Labute approximate surface area is 112 Å². The Hall–Kier alpha value is -1.24. The van der Waals surface area contributed by atoms with Gasteiger partial charge in [-0.2, -0.15) is 0 Å². The minimum absolute atomic E-state index is 0.0868. The zero-order valence-electron chi connectivity index (χ0n) is 9.68. The molecule has 96 valence electrons. The number of halogens is 1. The molecule has 6 heteroatoms. The van der Waals surface area contributed by atoms with Gasteiger partial charge in [0, 0.05) is 4.47 Å². The number of ketones is 1. The second-order valence-electron chi connectivity index (χ2n) is 4.20. The van der Waals surface area contributed by atoms with Gasteiger partial charge in [0.1, 0.15) is 0 Å². The van der Waals surface area contributed by atoms with Gasteiger partial charge < -0.3 is 15.1 Å². The van der Waals surface area contributed by atoms with Crippen molar-refractivity contribution in [3.05, 3.63) is 27.7 Å². The van der Waals surface area contributed by atoms with Crippen LogP contribution in [0.15, 0.2) is 16.6 Å². The van der Waals surface area contributed by atoms with Gasteiger partial charge in [0.05, 0.1) is 30.5 Å². The number of rotatable bonds is 3. The minimum atomic E-state index is -1.06. The van der Waals surface area contributed by atoms with E-state index in [1.807, 2.05) is 0 Å². The molecule has 1 amide bonds. The van der Waals surface area contributed by atoms with Crippen molar-refractivity contribution in [3.8, 4) is 0 Å². The second kappa shape index (κ2) is 4.79. The lowest BCUT2D eigenvalue weighted by Crippen LogP contribution is -2.38. The average molecular weight is 314 g/mol. The maximum absolute atomic E-state index is 11.8. The van der Waals surface area contributed by atoms with E-state index in [1.165, 1.54) is 4.90 Å². The third-order valence-electron chi connectivity index (χ3n) is 2.82. The lowest BCUT2D eigenvalue weighted by atomic mass is 10.1. The summed E-state index contributed by atoms with van der Waals surface area (Å²) in [6.07, 6.45) is -1.06. The standard InChI is InChI=1S/C12H12BrNO4/c1-6-2-7(13)3-9-10(6)14(4-8(16)5-15)12(18)11(9)17/h2-3,8,15-16H,4-5H2,1H3. The van der Waals surface area contributed by atoms with E-state index >= 15 is 0 Å². The van der Waals surface area contributed by atoms with Crippen molar-refractivity contribution < 1.29 is 19.8 Å². The molecule has 1 aliphatic heterocycles. The van der Waals surface area contributed by atoms with Gasteiger partial charge in [-0.1, -0.05) is 15.9 Å². The van der Waals surface area contributed by atoms with E-state index in [1.54, 1.807) is 19.1 Å². The van der Waals surface area contributed by atoms with Crippen LogP contribution < -0.4 is 4.90 Å². The fourth-order valence-corrected chi connectivity index (χ4v) is 2.62. The van der Waals surface area contributed by atoms with E-state index in [-0.39, 0.29) is 6.54 Å². The number of carbonyl (C=O) groups excluding carboxylic acids is 2. The van der Waals surface area contributed by atoms with Crippen molar-refractivity contribution in [2.24, 2.45) is 0 Å². The summed E-state index contributed by atoms with van der Waals surface area (Å²) in [4.78, 5) is 24.9. The molecule has 2 rings (SSSR count). The minimum Gasteiger partial charge on any atom is -0.394 e. The van der Waals surface area contributed by atoms with Crippen LogP contribution >= 0.6 is 15.9 Å². The maximum atomic E-state index is 11.8. The molecule has 0 aliphatic carbocycles. The molecule has 0 fully saturated rings. The van der Waals surface area contributed by atoms with Crippen molar-refractivity contribution in [3.63, 3.8) is 0 Å². The maximum Gasteiger partial charge on any atom is 0.299 e. The molecule has 0 radical (unpaired) electrons. The number of aliphatic hydroxyl groups is 2. The van der Waals surface area contributed by atoms with Gasteiger partial charge in [0.2, 0.25) is 0 Å². The SMILES string of the molecule is Cc1cc(Br)cc2c1N(CC(O)CO)C(=O)C2=O. The van der Waals surface area contributed by atoms with E-state index < -0.39 is 24.4 Å². The molecule has 5 nitrogen and oxygen atoms in total. The number of Topliss-reactive ketones (excluding diaryl/α,β-unsaturated/α-hetero) is 1. The number of amides is 1. The Morgan fingerprint density at radius 1 is 1.39 bits per heavy atom. The summed E-state index contributed by atoms with van der Waals surface area (Å²) in [6, 6.07) is 3.39. The second-order valence-corrected chi connectivity index (χ2v) is 5.12. The molecule has 1 atom stereocenters. The molecule has 0 saturated carbocycles. The highest BCUT2D eigenvalue weighted by Gasteiger charge is 2.37. The normalized spacial score (nSPS) is 16.1. The number of hydrogen-bond acceptors (Lipinski definition) is 4. The fourth-order valence-electron chi connectivity index (χ4n) is 2.05. The summed E-state index contributed by atoms with van der Waals surface area (Å²) < 4.78 is 0.726. The molecule has 0 bridgehead atoms. The number of carbonyl (C=O) groups is 2. The fraction of sp³-hybridized carbons (Fsp3) is 0.333. The first kappa shape index (κ1) is 13.2. The quantitative estimate of drug-likeness (QED) is 0.803. The van der Waals surface area contributed by atoms with Crippen molar-refractivity contribution in [1.82, 2.24) is 0 Å². The summed E-state index contributed by atoms with van der Waals surface area (Å²) in [5, 5.41) is 18.3. The molecule has 1 aliphatic rings. The molecule has 1 unspecified atom stereocenters. The number of nitrogens with zero attached hydrogens (tertiary/aromatic N) is 1. The van der Waals surface area contributed by atoms with Crippen LogP contribution in [0.5, 0.6) is 0 Å². The van der Waals surface area contributed by atoms with Gasteiger partial charge in [0.15, 0.2) is 0 Å². The Kier molecular flexibility index (Phi) is 3.52. The smallest absolute Gasteiger partial charge is 0.299 e. The highest BCUT2D eigenvalue weighted by Crippen LogP contribution is 2.34. The van der Waals surface area contributed by atoms with Crippen molar-refractivity contribution in [2.45, 2.75) is 13.0 Å². The van der Waals surface area contributed by atoms with E-state index in [9.17, 15) is 14.7 Å². The number of benzene rings is 1. The molecule has 1 aromatic carbocycles. The molecule has 1 heterocycles. The molecule has 0 aromatic heterocycles. The van der Waals surface area contributed by atoms with Crippen LogP contribution in [-0.4, -0.2) is 41.2 Å². The molecule has 0 saturated heterocycles. The highest BCUT2D eigenvalue weighted by molar-refractivity contribution is 9.10. The Morgan fingerprint density at radius 2 is 2.06 bits per heavy atom. The molecular formula is C12H12BrNO4. The van der Waals surface area contributed by atoms with Gasteiger partial charge in [0.25, 0.3) is 11.7 Å². The van der Waals surface area contributed by atoms with Gasteiger partial charge in [-0.15, -0.1) is 0 Å². The van der Waals surface area contributed by atoms with Gasteiger partial charge >= 0.3 is 0 Å². The van der Waals surface area contributed by atoms with Crippen LogP contribution in [0, 0.1) is 6.92 Å². The van der Waals surface area contributed by atoms with Crippen molar-refractivity contribution in [2.75, 3.05) is 18.1 Å². The number of aryl methyl sites for hydroxylation is 1. The average Bonchev–Trinajstić information content (AvgIpc) is 2.54. The Bertz CT molecular complexity index is 529. The summed E-state index contributed by atoms with van der Waals surface area (Å²) in [7, 11) is 0. The molecule has 18 heavy (non-hydrogen) atoms. The summed E-state index contributed by atoms with van der Waals surface area (Å²) in [5.74, 6) is -1.25. The first-order valence-electron chi connectivity index (χ1n) is 5.41. The first-order chi connectivity index (χ1) is 8.45. The summed E-state index contributed by atoms with van der Waals surface area (Å²) in [5.41, 5.74) is 1.61. The lowest BCUT2D eigenvalue weighted by Gasteiger charge is -2.20. The zero-order valence-corrected chi connectivity index (χ0v) is 11.3. The van der Waals surface area contributed by atoms with Crippen LogP contribution in [0.3, 0.4) is 0 Å². The molecular weight excluding hydrogens is 302 g/mol. The Balaban J connectivity index is 2.48. The van der Waals surface area contributed by atoms with E-state index in [0.29, 0.717) is 11.3 Å². The molecule has 1 aromatic rings. The van der Waals surface area contributed by atoms with E-state index in [0.717, 1.165) is 10.0 Å². The third kappa shape index (κ3) is 2.07. The van der Waals surface area contributed by atoms with E-state index in [4.69, 9.17) is 5.11 Å². The summed E-state index contributed by atoms with van der Waals surface area (Å²) >= 11 is 3.28. The lowest BCUT2D eigenvalue weighted by molar-refractivity contribution is -0.114. The molecule has 0 spiro atoms. The third-order valence-corrected chi connectivity index (χ3v) is 3.28. The number of anilines is 1. The van der Waals surface area contributed by atoms with Crippen LogP contribution in [0.25, 0.3) is 0 Å². The predicted octanol–water partition coefficient (Wildman–Crippen LogP) is 0.640. The Morgan fingerprint density at radius 3 is 2.67 bits per heavy atom. The summed E-state index contributed by atoms with van der Waals surface area (Å²) in [6.45, 7) is 1.24. The van der Waals surface area contributed by atoms with Crippen molar-refractivity contribution >= 4 is 33.3 Å². The topological polar surface area (TPSA) is 77.8 Å². The number of hydrogen-bond donors (Lipinski definition) is 2. The van der Waals surface area contributed by atoms with Gasteiger partial charge in [-0.25, -0.2) is 0 Å². The monoisotopic (exact) mass is 313 g/mol. The largest absolute Gasteiger partial charge is 0.394 e. The van der Waals surface area contributed by atoms with Crippen LogP contribution in [0.1, 0.15) is 15.9 Å². The highest BCUT2D eigenvalue weighted by atomic mass is 79.9. The first-order valence-corrected chi connectivity index (χ1v) is 6.20. The number of fused-ring (bicyclic) bond motifs is 1. The predicted molar refractivity (Wildman–Crippen MR) is 68.7 cm³/mol. The van der Waals surface area contributed by atoms with Gasteiger partial charge in [-0.05, 0) is 24.6 Å². The molecule has 2 N–H and O–H groups in total.